The summed E-state index contributed by atoms with van der Waals surface area (Å²) < 4.78 is 5.24. The molecular weight excluding hydrogens is 314 g/mol. The van der Waals surface area contributed by atoms with Crippen molar-refractivity contribution in [1.29, 1.82) is 0 Å². The number of nitro groups is 1. The molecule has 2 amide bonds. The van der Waals surface area contributed by atoms with E-state index in [9.17, 15) is 19.7 Å². The first-order chi connectivity index (χ1) is 11.4. The molecule has 3 rings (SSSR count). The number of rotatable bonds is 3. The number of fused-ring (bicyclic) bond motifs is 1. The van der Waals surface area contributed by atoms with E-state index in [4.69, 9.17) is 4.74 Å². The quantitative estimate of drug-likeness (QED) is 0.664. The molecule has 24 heavy (non-hydrogen) atoms. The highest BCUT2D eigenvalue weighted by atomic mass is 16.6. The zero-order valence-electron chi connectivity index (χ0n) is 12.7. The lowest BCUT2D eigenvalue weighted by molar-refractivity contribution is -0.385. The van der Waals surface area contributed by atoms with E-state index in [0.717, 1.165) is 0 Å². The second kappa shape index (κ2) is 5.99. The lowest BCUT2D eigenvalue weighted by atomic mass is 10.1. The Hall–Kier alpha value is -3.42. The number of hydrogen-bond acceptors (Lipinski definition) is 5. The maximum atomic E-state index is 12.3. The number of nitrogens with zero attached hydrogens (tertiary/aromatic N) is 1. The van der Waals surface area contributed by atoms with Gasteiger partial charge in [-0.25, -0.2) is 0 Å². The van der Waals surface area contributed by atoms with Crippen molar-refractivity contribution >= 4 is 28.9 Å². The van der Waals surface area contributed by atoms with Crippen LogP contribution in [-0.2, 0) is 4.79 Å². The molecule has 122 valence electrons. The number of ether oxygens (including phenoxy) is 1. The van der Waals surface area contributed by atoms with Crippen LogP contribution in [0.3, 0.4) is 0 Å². The van der Waals surface area contributed by atoms with Gasteiger partial charge in [-0.15, -0.1) is 0 Å². The van der Waals surface area contributed by atoms with E-state index in [-0.39, 0.29) is 23.8 Å². The molecule has 2 N–H and O–H groups in total. The highest BCUT2D eigenvalue weighted by Crippen LogP contribution is 2.30. The van der Waals surface area contributed by atoms with Crippen LogP contribution in [0.15, 0.2) is 36.4 Å². The minimum Gasteiger partial charge on any atom is -0.482 e. The number of nitrogens with one attached hydrogen (secondary N) is 2. The summed E-state index contributed by atoms with van der Waals surface area (Å²) in [5.41, 5.74) is 1.43. The van der Waals surface area contributed by atoms with Crippen molar-refractivity contribution in [3.05, 3.63) is 57.6 Å². The van der Waals surface area contributed by atoms with Gasteiger partial charge < -0.3 is 15.4 Å². The van der Waals surface area contributed by atoms with Crippen LogP contribution in [0.1, 0.15) is 15.9 Å². The lowest BCUT2D eigenvalue weighted by Gasteiger charge is -2.18. The molecule has 0 saturated heterocycles. The van der Waals surface area contributed by atoms with Crippen LogP contribution < -0.4 is 15.4 Å². The summed E-state index contributed by atoms with van der Waals surface area (Å²) in [5, 5.41) is 16.2. The molecule has 0 saturated carbocycles. The smallest absolute Gasteiger partial charge is 0.273 e. The summed E-state index contributed by atoms with van der Waals surface area (Å²) in [6.07, 6.45) is 0. The fraction of sp³-hybridized carbons (Fsp3) is 0.125. The van der Waals surface area contributed by atoms with Gasteiger partial charge in [0.25, 0.3) is 17.5 Å². The van der Waals surface area contributed by atoms with Crippen molar-refractivity contribution < 1.29 is 19.2 Å². The van der Waals surface area contributed by atoms with E-state index in [1.807, 2.05) is 0 Å². The molecule has 0 aliphatic carbocycles. The fourth-order valence-electron chi connectivity index (χ4n) is 2.31. The standard InChI is InChI=1S/C16H13N3O5/c1-9-2-3-10(6-13(9)19(22)23)16(21)17-11-4-5-14-12(7-11)18-15(20)8-24-14/h2-7H,8H2,1H3,(H,17,21)(H,18,20). The lowest BCUT2D eigenvalue weighted by Crippen LogP contribution is -2.25. The van der Waals surface area contributed by atoms with Gasteiger partial charge in [-0.3, -0.25) is 19.7 Å². The molecule has 1 aliphatic heterocycles. The van der Waals surface area contributed by atoms with Crippen LogP contribution in [0, 0.1) is 17.0 Å². The topological polar surface area (TPSA) is 111 Å². The van der Waals surface area contributed by atoms with Gasteiger partial charge in [0.1, 0.15) is 5.75 Å². The summed E-state index contributed by atoms with van der Waals surface area (Å²) >= 11 is 0. The molecule has 0 radical (unpaired) electrons. The van der Waals surface area contributed by atoms with Gasteiger partial charge in [-0.1, -0.05) is 6.07 Å². The van der Waals surface area contributed by atoms with E-state index >= 15 is 0 Å². The van der Waals surface area contributed by atoms with Crippen LogP contribution in [0.25, 0.3) is 0 Å². The summed E-state index contributed by atoms with van der Waals surface area (Å²) in [4.78, 5) is 34.0. The predicted molar refractivity (Wildman–Crippen MR) is 86.4 cm³/mol. The molecule has 1 aliphatic rings. The monoisotopic (exact) mass is 327 g/mol. The van der Waals surface area contributed by atoms with Gasteiger partial charge in [0.05, 0.1) is 10.6 Å². The van der Waals surface area contributed by atoms with E-state index in [2.05, 4.69) is 10.6 Å². The Morgan fingerprint density at radius 1 is 1.29 bits per heavy atom. The zero-order chi connectivity index (χ0) is 17.3. The fourth-order valence-corrected chi connectivity index (χ4v) is 2.31. The second-order valence-corrected chi connectivity index (χ2v) is 5.26. The first-order valence-electron chi connectivity index (χ1n) is 7.07. The highest BCUT2D eigenvalue weighted by Gasteiger charge is 2.18. The third-order valence-electron chi connectivity index (χ3n) is 3.54. The number of hydrogen-bond donors (Lipinski definition) is 2. The van der Waals surface area contributed by atoms with Crippen LogP contribution >= 0.6 is 0 Å². The SMILES string of the molecule is Cc1ccc(C(=O)Nc2ccc3c(c2)NC(=O)CO3)cc1[N+](=O)[O-]. The summed E-state index contributed by atoms with van der Waals surface area (Å²) in [6.45, 7) is 1.55. The molecule has 2 aromatic rings. The van der Waals surface area contributed by atoms with Crippen LogP contribution in [-0.4, -0.2) is 23.3 Å². The van der Waals surface area contributed by atoms with Crippen LogP contribution in [0.4, 0.5) is 17.1 Å². The van der Waals surface area contributed by atoms with Crippen molar-refractivity contribution in [2.24, 2.45) is 0 Å². The Morgan fingerprint density at radius 3 is 2.83 bits per heavy atom. The minimum absolute atomic E-state index is 0.0499. The Labute approximate surface area is 136 Å². The molecular formula is C16H13N3O5. The maximum Gasteiger partial charge on any atom is 0.273 e. The van der Waals surface area contributed by atoms with Crippen molar-refractivity contribution in [3.63, 3.8) is 0 Å². The van der Waals surface area contributed by atoms with Crippen molar-refractivity contribution in [2.45, 2.75) is 6.92 Å². The molecule has 0 unspecified atom stereocenters. The van der Waals surface area contributed by atoms with Gasteiger partial charge in [0.15, 0.2) is 6.61 Å². The average molecular weight is 327 g/mol. The Balaban J connectivity index is 1.83. The third-order valence-corrected chi connectivity index (χ3v) is 3.54. The Morgan fingerprint density at radius 2 is 2.08 bits per heavy atom. The molecule has 0 bridgehead atoms. The van der Waals surface area contributed by atoms with Crippen molar-refractivity contribution in [3.8, 4) is 5.75 Å². The second-order valence-electron chi connectivity index (χ2n) is 5.26. The molecule has 0 aromatic heterocycles. The summed E-state index contributed by atoms with van der Waals surface area (Å²) in [5.74, 6) is -0.250. The van der Waals surface area contributed by atoms with E-state index < -0.39 is 10.8 Å². The molecule has 0 atom stereocenters. The van der Waals surface area contributed by atoms with Crippen molar-refractivity contribution in [2.75, 3.05) is 17.2 Å². The van der Waals surface area contributed by atoms with Crippen LogP contribution in [0.2, 0.25) is 0 Å². The Kier molecular flexibility index (Phi) is 3.87. The molecule has 8 nitrogen and oxygen atoms in total. The number of carbonyl (C=O) groups excluding carboxylic acids is 2. The zero-order valence-corrected chi connectivity index (χ0v) is 12.7. The predicted octanol–water partition coefficient (Wildman–Crippen LogP) is 2.49. The van der Waals surface area contributed by atoms with Gasteiger partial charge in [-0.2, -0.15) is 0 Å². The number of benzene rings is 2. The molecule has 0 spiro atoms. The normalized spacial score (nSPS) is 12.6. The molecule has 8 heteroatoms. The molecule has 1 heterocycles. The first kappa shape index (κ1) is 15.5. The number of aryl methyl sites for hydroxylation is 1. The first-order valence-corrected chi connectivity index (χ1v) is 7.07. The summed E-state index contributed by atoms with van der Waals surface area (Å²) in [6, 6.07) is 9.08. The Bertz CT molecular complexity index is 863. The van der Waals surface area contributed by atoms with E-state index in [0.29, 0.717) is 22.7 Å². The molecule has 0 fully saturated rings. The van der Waals surface area contributed by atoms with Crippen molar-refractivity contribution in [1.82, 2.24) is 0 Å². The van der Waals surface area contributed by atoms with Gasteiger partial charge in [-0.05, 0) is 31.2 Å². The van der Waals surface area contributed by atoms with E-state index in [1.54, 1.807) is 25.1 Å². The number of amides is 2. The van der Waals surface area contributed by atoms with E-state index in [1.165, 1.54) is 18.2 Å². The number of nitro benzene ring substituents is 1. The minimum atomic E-state index is -0.530. The maximum absolute atomic E-state index is 12.3. The largest absolute Gasteiger partial charge is 0.482 e. The molecule has 2 aromatic carbocycles. The number of anilines is 2. The third kappa shape index (κ3) is 3.02. The average Bonchev–Trinajstić information content (AvgIpc) is 2.54. The van der Waals surface area contributed by atoms with Gasteiger partial charge >= 0.3 is 0 Å². The van der Waals surface area contributed by atoms with Crippen LogP contribution in [0.5, 0.6) is 5.75 Å². The summed E-state index contributed by atoms with van der Waals surface area (Å²) in [7, 11) is 0. The highest BCUT2D eigenvalue weighted by molar-refractivity contribution is 6.05. The number of carbonyl (C=O) groups is 2. The van der Waals surface area contributed by atoms with Gasteiger partial charge in [0.2, 0.25) is 0 Å². The van der Waals surface area contributed by atoms with Gasteiger partial charge in [0, 0.05) is 22.9 Å².